The van der Waals surface area contributed by atoms with Crippen molar-refractivity contribution >= 4 is 11.8 Å². The second kappa shape index (κ2) is 8.41. The Morgan fingerprint density at radius 1 is 1.29 bits per heavy atom. The van der Waals surface area contributed by atoms with E-state index < -0.39 is 0 Å². The lowest BCUT2D eigenvalue weighted by Gasteiger charge is -2.36. The van der Waals surface area contributed by atoms with Crippen LogP contribution in [0.3, 0.4) is 0 Å². The molecule has 1 atom stereocenters. The molecule has 0 spiro atoms. The number of likely N-dealkylation sites (tertiary alicyclic amines) is 1. The van der Waals surface area contributed by atoms with Gasteiger partial charge in [-0.2, -0.15) is 0 Å². The van der Waals surface area contributed by atoms with E-state index in [1.807, 2.05) is 11.1 Å². The van der Waals surface area contributed by atoms with Gasteiger partial charge in [-0.15, -0.1) is 0 Å². The minimum absolute atomic E-state index is 0.0855. The van der Waals surface area contributed by atoms with Crippen molar-refractivity contribution in [1.29, 1.82) is 0 Å². The van der Waals surface area contributed by atoms with Crippen molar-refractivity contribution in [1.82, 2.24) is 19.8 Å². The van der Waals surface area contributed by atoms with Gasteiger partial charge in [0, 0.05) is 50.8 Å². The predicted octanol–water partition coefficient (Wildman–Crippen LogP) is 2.76. The van der Waals surface area contributed by atoms with Crippen LogP contribution in [0.15, 0.2) is 18.9 Å². The van der Waals surface area contributed by atoms with Gasteiger partial charge in [-0.25, -0.2) is 9.97 Å². The molecular weight excluding hydrogens is 352 g/mol. The third-order valence-electron chi connectivity index (χ3n) is 5.65. The highest BCUT2D eigenvalue weighted by molar-refractivity contribution is 5.88. The van der Waals surface area contributed by atoms with E-state index in [1.54, 1.807) is 4.90 Å². The fourth-order valence-electron chi connectivity index (χ4n) is 3.92. The molecule has 0 aliphatic carbocycles. The van der Waals surface area contributed by atoms with Crippen LogP contribution in [0, 0.1) is 11.3 Å². The minimum atomic E-state index is -0.119. The molecule has 2 aliphatic heterocycles. The molecular formula is C22H32N4O2. The first-order valence-electron chi connectivity index (χ1n) is 10.3. The highest BCUT2D eigenvalue weighted by Crippen LogP contribution is 2.24. The normalized spacial score (nSPS) is 19.9. The minimum Gasteiger partial charge on any atom is -0.338 e. The van der Waals surface area contributed by atoms with E-state index in [9.17, 15) is 9.59 Å². The van der Waals surface area contributed by atoms with Crippen LogP contribution in [-0.2, 0) is 29.0 Å². The highest BCUT2D eigenvalue weighted by atomic mass is 16.2. The summed E-state index contributed by atoms with van der Waals surface area (Å²) in [5.74, 6) is 0.840. The van der Waals surface area contributed by atoms with Crippen molar-refractivity contribution in [2.45, 2.75) is 59.4 Å². The van der Waals surface area contributed by atoms with Gasteiger partial charge < -0.3 is 9.80 Å². The van der Waals surface area contributed by atoms with Crippen LogP contribution in [0.5, 0.6) is 0 Å². The molecule has 0 bridgehead atoms. The summed E-state index contributed by atoms with van der Waals surface area (Å²) in [4.78, 5) is 37.8. The van der Waals surface area contributed by atoms with Gasteiger partial charge in [0.15, 0.2) is 0 Å². The lowest BCUT2D eigenvalue weighted by atomic mass is 9.90. The molecule has 6 heteroatoms. The zero-order chi connectivity index (χ0) is 20.3. The third-order valence-corrected chi connectivity index (χ3v) is 5.65. The first-order valence-corrected chi connectivity index (χ1v) is 10.3. The highest BCUT2D eigenvalue weighted by Gasteiger charge is 2.32. The van der Waals surface area contributed by atoms with Crippen LogP contribution in [-0.4, -0.2) is 51.2 Å². The van der Waals surface area contributed by atoms with Crippen molar-refractivity contribution in [3.63, 3.8) is 0 Å². The topological polar surface area (TPSA) is 66.4 Å². The average Bonchev–Trinajstić information content (AvgIpc) is 2.70. The lowest BCUT2D eigenvalue weighted by molar-refractivity contribution is -0.140. The molecule has 1 saturated heterocycles. The monoisotopic (exact) mass is 384 g/mol. The van der Waals surface area contributed by atoms with Gasteiger partial charge in [-0.1, -0.05) is 27.4 Å². The summed E-state index contributed by atoms with van der Waals surface area (Å²) in [6.45, 7) is 12.7. The van der Waals surface area contributed by atoms with Crippen molar-refractivity contribution in [2.75, 3.05) is 19.6 Å². The van der Waals surface area contributed by atoms with Gasteiger partial charge in [-0.05, 0) is 30.8 Å². The number of fused-ring (bicyclic) bond motifs is 1. The largest absolute Gasteiger partial charge is 0.338 e. The van der Waals surface area contributed by atoms with Gasteiger partial charge >= 0.3 is 0 Å². The molecule has 0 saturated carbocycles. The number of hydrogen-bond acceptors (Lipinski definition) is 4. The molecule has 1 unspecified atom stereocenters. The number of aromatic nitrogens is 2. The Hall–Kier alpha value is -2.24. The summed E-state index contributed by atoms with van der Waals surface area (Å²) in [6, 6.07) is 0. The van der Waals surface area contributed by atoms with Crippen molar-refractivity contribution in [3.05, 3.63) is 35.9 Å². The summed E-state index contributed by atoms with van der Waals surface area (Å²) < 4.78 is 0. The van der Waals surface area contributed by atoms with Crippen molar-refractivity contribution < 1.29 is 9.59 Å². The molecule has 2 aliphatic rings. The molecule has 1 aromatic rings. The van der Waals surface area contributed by atoms with E-state index >= 15 is 0 Å². The Bertz CT molecular complexity index is 753. The molecule has 2 amide bonds. The molecule has 28 heavy (non-hydrogen) atoms. The molecule has 0 radical (unpaired) electrons. The average molecular weight is 385 g/mol. The second-order valence-corrected chi connectivity index (χ2v) is 9.16. The fraction of sp³-hybridized carbons (Fsp3) is 0.636. The molecule has 0 N–H and O–H groups in total. The summed E-state index contributed by atoms with van der Waals surface area (Å²) in [5, 5.41) is 0. The Kier molecular flexibility index (Phi) is 6.16. The quantitative estimate of drug-likeness (QED) is 0.749. The van der Waals surface area contributed by atoms with Gasteiger partial charge in [0.05, 0.1) is 11.6 Å². The summed E-state index contributed by atoms with van der Waals surface area (Å²) in [7, 11) is 0. The van der Waals surface area contributed by atoms with Gasteiger partial charge in [-0.3, -0.25) is 9.59 Å². The predicted molar refractivity (Wildman–Crippen MR) is 108 cm³/mol. The van der Waals surface area contributed by atoms with Crippen LogP contribution >= 0.6 is 0 Å². The van der Waals surface area contributed by atoms with Crippen LogP contribution in [0.2, 0.25) is 0 Å². The number of amides is 2. The maximum absolute atomic E-state index is 13.0. The molecule has 3 rings (SSSR count). The van der Waals surface area contributed by atoms with E-state index in [2.05, 4.69) is 32.3 Å². The summed E-state index contributed by atoms with van der Waals surface area (Å²) in [6.07, 6.45) is 7.64. The first-order chi connectivity index (χ1) is 13.3. The Labute approximate surface area is 168 Å². The van der Waals surface area contributed by atoms with Crippen LogP contribution in [0.4, 0.5) is 0 Å². The number of aryl methyl sites for hydroxylation is 1. The van der Waals surface area contributed by atoms with E-state index in [-0.39, 0.29) is 23.1 Å². The fourth-order valence-corrected chi connectivity index (χ4v) is 3.92. The third kappa shape index (κ3) is 4.97. The van der Waals surface area contributed by atoms with Gasteiger partial charge in [0.1, 0.15) is 5.82 Å². The zero-order valence-corrected chi connectivity index (χ0v) is 17.4. The molecule has 6 nitrogen and oxygen atoms in total. The molecule has 3 heterocycles. The maximum atomic E-state index is 13.0. The second-order valence-electron chi connectivity index (χ2n) is 9.16. The van der Waals surface area contributed by atoms with Crippen LogP contribution < -0.4 is 0 Å². The van der Waals surface area contributed by atoms with E-state index in [1.165, 1.54) is 6.08 Å². The van der Waals surface area contributed by atoms with E-state index in [0.29, 0.717) is 26.2 Å². The Morgan fingerprint density at radius 3 is 2.79 bits per heavy atom. The molecule has 1 aromatic heterocycles. The van der Waals surface area contributed by atoms with Gasteiger partial charge in [0.2, 0.25) is 11.8 Å². The number of hydrogen-bond donors (Lipinski definition) is 0. The van der Waals surface area contributed by atoms with E-state index in [4.69, 9.17) is 4.98 Å². The van der Waals surface area contributed by atoms with Crippen molar-refractivity contribution in [3.8, 4) is 0 Å². The Balaban J connectivity index is 1.62. The Morgan fingerprint density at radius 2 is 2.07 bits per heavy atom. The number of carbonyl (C=O) groups is 2. The molecule has 152 valence electrons. The SMILES string of the molecule is C=CC(=O)N1CCCC(C(=O)N2CCc3nc(CCC(C)(C)C)ncc3C2)C1. The van der Waals surface area contributed by atoms with Crippen LogP contribution in [0.25, 0.3) is 0 Å². The number of carbonyl (C=O) groups excluding carboxylic acids is 2. The van der Waals surface area contributed by atoms with Crippen LogP contribution in [0.1, 0.15) is 57.1 Å². The first kappa shape index (κ1) is 20.5. The van der Waals surface area contributed by atoms with E-state index in [0.717, 1.165) is 49.2 Å². The number of rotatable bonds is 4. The smallest absolute Gasteiger partial charge is 0.245 e. The standard InChI is InChI=1S/C22H32N4O2/c1-5-20(27)25-11-6-7-16(14-25)21(28)26-12-9-18-17(15-26)13-23-19(24-18)8-10-22(2,3)4/h5,13,16H,1,6-12,14-15H2,2-4H3. The summed E-state index contributed by atoms with van der Waals surface area (Å²) >= 11 is 0. The summed E-state index contributed by atoms with van der Waals surface area (Å²) in [5.41, 5.74) is 2.40. The van der Waals surface area contributed by atoms with Crippen molar-refractivity contribution in [2.24, 2.45) is 11.3 Å². The van der Waals surface area contributed by atoms with Gasteiger partial charge in [0.25, 0.3) is 0 Å². The molecule has 1 fully saturated rings. The lowest BCUT2D eigenvalue weighted by Crippen LogP contribution is -2.47. The number of piperidine rings is 1. The molecule has 0 aromatic carbocycles. The number of nitrogens with zero attached hydrogens (tertiary/aromatic N) is 4. The maximum Gasteiger partial charge on any atom is 0.245 e. The zero-order valence-electron chi connectivity index (χ0n) is 17.4.